The summed E-state index contributed by atoms with van der Waals surface area (Å²) >= 11 is 0. The lowest BCUT2D eigenvalue weighted by Crippen LogP contribution is -2.32. The van der Waals surface area contributed by atoms with Gasteiger partial charge in [0.1, 0.15) is 0 Å². The van der Waals surface area contributed by atoms with Crippen LogP contribution >= 0.6 is 0 Å². The molecular weight excluding hydrogens is 763 g/mol. The molecule has 1 heterocycles. The SMILES string of the molecule is C=C/C=C\C(=C)C1=C(c2ccccc2)C(C(/C=C\C)=C/C=C)=C(C2=CC/C=C\CCCC2)N(c2ccc(-c3ccc(N(/C=C/CC=N/C=C\C)C(=CC)/C=C\C(=C)C)cc3)cc2)C1. The maximum absolute atomic E-state index is 4.67. The van der Waals surface area contributed by atoms with Gasteiger partial charge in [-0.3, -0.25) is 4.99 Å². The van der Waals surface area contributed by atoms with E-state index in [0.717, 1.165) is 89.0 Å². The van der Waals surface area contributed by atoms with Crippen molar-refractivity contribution in [1.29, 1.82) is 0 Å². The fourth-order valence-corrected chi connectivity index (χ4v) is 7.82. The summed E-state index contributed by atoms with van der Waals surface area (Å²) in [6.07, 6.45) is 43.5. The van der Waals surface area contributed by atoms with Crippen molar-refractivity contribution < 1.29 is 0 Å². The number of benzene rings is 3. The van der Waals surface area contributed by atoms with E-state index in [1.807, 2.05) is 50.4 Å². The molecular formula is C60H65N3. The highest BCUT2D eigenvalue weighted by Gasteiger charge is 2.32. The quantitative estimate of drug-likeness (QED) is 0.0723. The van der Waals surface area contributed by atoms with Gasteiger partial charge in [-0.25, -0.2) is 0 Å². The summed E-state index contributed by atoms with van der Waals surface area (Å²) < 4.78 is 0. The molecule has 0 radical (unpaired) electrons. The third-order valence-electron chi connectivity index (χ3n) is 10.8. The maximum atomic E-state index is 4.67. The second-order valence-electron chi connectivity index (χ2n) is 15.5. The summed E-state index contributed by atoms with van der Waals surface area (Å²) in [6, 6.07) is 28.7. The molecule has 3 nitrogen and oxygen atoms in total. The lowest BCUT2D eigenvalue weighted by molar-refractivity contribution is 0.740. The number of nitrogens with zero attached hydrogens (tertiary/aromatic N) is 3. The number of allylic oxidation sites excluding steroid dienone is 20. The molecule has 320 valence electrons. The molecule has 63 heavy (non-hydrogen) atoms. The molecule has 0 bridgehead atoms. The number of aliphatic imine (C=N–C) groups is 1. The lowest BCUT2D eigenvalue weighted by Gasteiger charge is -2.39. The molecule has 3 aromatic rings. The fourth-order valence-electron chi connectivity index (χ4n) is 7.82. The van der Waals surface area contributed by atoms with E-state index in [9.17, 15) is 0 Å². The molecule has 0 saturated carbocycles. The maximum Gasteiger partial charge on any atom is 0.0529 e. The van der Waals surface area contributed by atoms with Crippen LogP contribution in [0.5, 0.6) is 0 Å². The molecule has 0 amide bonds. The van der Waals surface area contributed by atoms with Gasteiger partial charge in [-0.15, -0.1) is 0 Å². The first-order valence-electron chi connectivity index (χ1n) is 22.2. The molecule has 0 saturated heterocycles. The summed E-state index contributed by atoms with van der Waals surface area (Å²) in [5, 5.41) is 0. The predicted octanol–water partition coefficient (Wildman–Crippen LogP) is 16.7. The Labute approximate surface area is 379 Å². The predicted molar refractivity (Wildman–Crippen MR) is 279 cm³/mol. The molecule has 0 aromatic heterocycles. The van der Waals surface area contributed by atoms with Crippen molar-refractivity contribution in [2.45, 2.75) is 66.2 Å². The minimum Gasteiger partial charge on any atom is -0.336 e. The summed E-state index contributed by atoms with van der Waals surface area (Å²) in [4.78, 5) is 9.05. The van der Waals surface area contributed by atoms with Crippen LogP contribution in [0.25, 0.3) is 16.7 Å². The number of rotatable bonds is 18. The van der Waals surface area contributed by atoms with Gasteiger partial charge in [0.25, 0.3) is 0 Å². The summed E-state index contributed by atoms with van der Waals surface area (Å²) in [5.74, 6) is 0. The zero-order chi connectivity index (χ0) is 44.8. The molecule has 0 spiro atoms. The zero-order valence-electron chi connectivity index (χ0n) is 38.0. The smallest absolute Gasteiger partial charge is 0.0529 e. The van der Waals surface area contributed by atoms with Gasteiger partial charge in [0.2, 0.25) is 0 Å². The molecule has 0 N–H and O–H groups in total. The second-order valence-corrected chi connectivity index (χ2v) is 15.5. The third-order valence-corrected chi connectivity index (χ3v) is 10.8. The first kappa shape index (κ1) is 47.1. The molecule has 2 aliphatic rings. The van der Waals surface area contributed by atoms with E-state index < -0.39 is 0 Å². The molecule has 0 fully saturated rings. The molecule has 1 aliphatic heterocycles. The van der Waals surface area contributed by atoms with Crippen LogP contribution in [0.4, 0.5) is 11.4 Å². The van der Waals surface area contributed by atoms with E-state index >= 15 is 0 Å². The van der Waals surface area contributed by atoms with Crippen LogP contribution in [0.2, 0.25) is 0 Å². The largest absolute Gasteiger partial charge is 0.336 e. The van der Waals surface area contributed by atoms with Crippen molar-refractivity contribution in [3.8, 4) is 11.1 Å². The minimum atomic E-state index is 0.652. The Hall–Kier alpha value is -6.97. The second kappa shape index (κ2) is 25.1. The van der Waals surface area contributed by atoms with E-state index in [-0.39, 0.29) is 0 Å². The minimum absolute atomic E-state index is 0.652. The topological polar surface area (TPSA) is 18.8 Å². The van der Waals surface area contributed by atoms with E-state index in [1.54, 1.807) is 6.20 Å². The van der Waals surface area contributed by atoms with Crippen LogP contribution in [0.3, 0.4) is 0 Å². The lowest BCUT2D eigenvalue weighted by atomic mass is 9.79. The van der Waals surface area contributed by atoms with Gasteiger partial charge in [0.05, 0.1) is 5.70 Å². The van der Waals surface area contributed by atoms with Gasteiger partial charge < -0.3 is 9.80 Å². The van der Waals surface area contributed by atoms with Crippen molar-refractivity contribution in [3.63, 3.8) is 0 Å². The summed E-state index contributed by atoms with van der Waals surface area (Å²) in [7, 11) is 0. The Morgan fingerprint density at radius 3 is 2.21 bits per heavy atom. The number of hydrogen-bond donors (Lipinski definition) is 0. The Kier molecular flexibility index (Phi) is 18.7. The van der Waals surface area contributed by atoms with Gasteiger partial charge in [0.15, 0.2) is 0 Å². The highest BCUT2D eigenvalue weighted by Crippen LogP contribution is 2.46. The van der Waals surface area contributed by atoms with Crippen LogP contribution in [-0.4, -0.2) is 12.8 Å². The Morgan fingerprint density at radius 1 is 0.794 bits per heavy atom. The summed E-state index contributed by atoms with van der Waals surface area (Å²) in [5.41, 5.74) is 15.9. The van der Waals surface area contributed by atoms with Gasteiger partial charge >= 0.3 is 0 Å². The monoisotopic (exact) mass is 828 g/mol. The highest BCUT2D eigenvalue weighted by atomic mass is 15.2. The highest BCUT2D eigenvalue weighted by molar-refractivity contribution is 5.95. The van der Waals surface area contributed by atoms with Gasteiger partial charge in [-0.05, 0) is 135 Å². The normalized spacial score (nSPS) is 16.4. The molecule has 0 unspecified atom stereocenters. The molecule has 3 heteroatoms. The van der Waals surface area contributed by atoms with Gasteiger partial charge in [-0.1, -0.05) is 172 Å². The standard InChI is InChI=1S/C60H65N3/c1-9-14-28-48(8)57-46-63(60(53-31-20-17-15-16-18-21-32-53)59(51(26-10-2)27-11-3)58(57)52-29-22-19-23-30-52)56-41-36-50(37-42-56)49-34-39-55(40-35-49)62(45-25-24-44-61-43-12-4)54(13-5)38-33-47(6)7/h9-15,17,19,22-23,25-31,33-45H,1-2,6,8,16,18,20-21,24,32,46H2,3-5,7H3/b17-15-,27-11-,28-14-,38-33-,43-12-,45-25+,51-26+,53-31?,54-13?,61-44?. The first-order valence-corrected chi connectivity index (χ1v) is 22.2. The van der Waals surface area contributed by atoms with Crippen molar-refractivity contribution >= 4 is 23.2 Å². The van der Waals surface area contributed by atoms with Crippen LogP contribution in [0, 0.1) is 0 Å². The van der Waals surface area contributed by atoms with E-state index in [0.29, 0.717) is 6.54 Å². The van der Waals surface area contributed by atoms with Crippen LogP contribution in [0.1, 0.15) is 71.8 Å². The van der Waals surface area contributed by atoms with E-state index in [4.69, 9.17) is 0 Å². The van der Waals surface area contributed by atoms with Crippen molar-refractivity contribution in [2.24, 2.45) is 4.99 Å². The molecule has 5 rings (SSSR count). The van der Waals surface area contributed by atoms with Crippen molar-refractivity contribution in [2.75, 3.05) is 16.3 Å². The average Bonchev–Trinajstić information content (AvgIpc) is 3.45. The average molecular weight is 828 g/mol. The van der Waals surface area contributed by atoms with E-state index in [2.05, 4.69) is 201 Å². The first-order chi connectivity index (χ1) is 30.8. The van der Waals surface area contributed by atoms with Crippen molar-refractivity contribution in [1.82, 2.24) is 0 Å². The zero-order valence-corrected chi connectivity index (χ0v) is 38.0. The number of hydrogen-bond acceptors (Lipinski definition) is 3. The van der Waals surface area contributed by atoms with E-state index in [1.165, 1.54) is 28.0 Å². The van der Waals surface area contributed by atoms with Crippen LogP contribution in [0.15, 0.2) is 259 Å². The molecule has 1 aliphatic carbocycles. The molecule has 0 atom stereocenters. The number of anilines is 2. The van der Waals surface area contributed by atoms with Gasteiger partial charge in [-0.2, -0.15) is 0 Å². The Bertz CT molecular complexity index is 2440. The molecule has 3 aromatic carbocycles. The summed E-state index contributed by atoms with van der Waals surface area (Å²) in [6.45, 7) is 25.7. The van der Waals surface area contributed by atoms with Crippen LogP contribution < -0.4 is 9.80 Å². The van der Waals surface area contributed by atoms with Gasteiger partial charge in [0, 0.05) is 54.2 Å². The Morgan fingerprint density at radius 2 is 1.54 bits per heavy atom. The van der Waals surface area contributed by atoms with Crippen LogP contribution in [-0.2, 0) is 0 Å². The third kappa shape index (κ3) is 13.0. The Balaban J connectivity index is 1.66. The fraction of sp³-hybridized carbons (Fsp3) is 0.183. The van der Waals surface area contributed by atoms with Crippen molar-refractivity contribution in [3.05, 3.63) is 259 Å².